The van der Waals surface area contributed by atoms with Crippen LogP contribution in [-0.4, -0.2) is 52.4 Å². The Kier molecular flexibility index (Phi) is 9.57. The second-order valence-electron chi connectivity index (χ2n) is 3.51. The van der Waals surface area contributed by atoms with Gasteiger partial charge in [-0.15, -0.1) is 0 Å². The Labute approximate surface area is 114 Å². The predicted molar refractivity (Wildman–Crippen MR) is 73.7 cm³/mol. The Morgan fingerprint density at radius 2 is 2.00 bits per heavy atom. The third kappa shape index (κ3) is 9.17. The van der Waals surface area contributed by atoms with Crippen molar-refractivity contribution in [1.82, 2.24) is 5.32 Å². The van der Waals surface area contributed by atoms with Crippen LogP contribution in [0.15, 0.2) is 0 Å². The number of thioether (sulfide) groups is 2. The fraction of sp³-hybridized carbons (Fsp3) is 0.700. The van der Waals surface area contributed by atoms with Gasteiger partial charge in [0, 0.05) is 12.2 Å². The first kappa shape index (κ1) is 17.1. The third-order valence-corrected chi connectivity index (χ3v) is 3.59. The average Bonchev–Trinajstić information content (AvgIpc) is 2.29. The molecule has 0 saturated heterocycles. The Balaban J connectivity index is 3.87. The molecule has 0 spiro atoms. The number of carboxylic acid groups (broad SMARTS) is 1. The highest BCUT2D eigenvalue weighted by molar-refractivity contribution is 7.99. The molecule has 104 valence electrons. The average molecular weight is 294 g/mol. The maximum Gasteiger partial charge on any atom is 0.326 e. The number of carboxylic acids is 1. The van der Waals surface area contributed by atoms with Crippen LogP contribution in [0.5, 0.6) is 0 Å². The Hall–Kier alpha value is -0.890. The van der Waals surface area contributed by atoms with Crippen LogP contribution >= 0.6 is 23.5 Å². The van der Waals surface area contributed by atoms with Gasteiger partial charge < -0.3 is 16.2 Å². The van der Waals surface area contributed by atoms with Crippen LogP contribution in [0, 0.1) is 0 Å². The van der Waals surface area contributed by atoms with Crippen LogP contribution < -0.4 is 11.1 Å². The van der Waals surface area contributed by atoms with Gasteiger partial charge in [-0.3, -0.25) is 9.59 Å². The molecule has 0 heterocycles. The quantitative estimate of drug-likeness (QED) is 0.486. The fourth-order valence-corrected chi connectivity index (χ4v) is 2.24. The summed E-state index contributed by atoms with van der Waals surface area (Å²) in [4.78, 5) is 32.8. The van der Waals surface area contributed by atoms with Crippen molar-refractivity contribution in [3.05, 3.63) is 0 Å². The molecule has 2 amide bonds. The highest BCUT2D eigenvalue weighted by atomic mass is 32.2. The van der Waals surface area contributed by atoms with Gasteiger partial charge in [-0.25, -0.2) is 4.79 Å². The van der Waals surface area contributed by atoms with Crippen molar-refractivity contribution in [1.29, 1.82) is 0 Å². The highest BCUT2D eigenvalue weighted by Crippen LogP contribution is 2.04. The van der Waals surface area contributed by atoms with Gasteiger partial charge in [-0.1, -0.05) is 0 Å². The molecule has 4 N–H and O–H groups in total. The van der Waals surface area contributed by atoms with E-state index in [9.17, 15) is 14.4 Å². The van der Waals surface area contributed by atoms with Gasteiger partial charge in [-0.2, -0.15) is 23.5 Å². The van der Waals surface area contributed by atoms with E-state index in [2.05, 4.69) is 5.32 Å². The number of rotatable bonds is 10. The van der Waals surface area contributed by atoms with Gasteiger partial charge in [-0.05, 0) is 18.4 Å². The van der Waals surface area contributed by atoms with Crippen molar-refractivity contribution in [2.75, 3.05) is 23.5 Å². The summed E-state index contributed by atoms with van der Waals surface area (Å²) < 4.78 is 0. The number of primary amides is 1. The Morgan fingerprint density at radius 3 is 2.50 bits per heavy atom. The summed E-state index contributed by atoms with van der Waals surface area (Å²) in [6, 6.07) is -0.842. The number of carbonyl (C=O) groups is 3. The number of aliphatic carboxylic acids is 1. The lowest BCUT2D eigenvalue weighted by Gasteiger charge is -2.13. The minimum Gasteiger partial charge on any atom is -0.480 e. The Bertz CT molecular complexity index is 300. The van der Waals surface area contributed by atoms with Crippen molar-refractivity contribution >= 4 is 41.3 Å². The summed E-state index contributed by atoms with van der Waals surface area (Å²) in [5.74, 6) is -0.481. The molecule has 18 heavy (non-hydrogen) atoms. The van der Waals surface area contributed by atoms with Crippen molar-refractivity contribution in [2.24, 2.45) is 5.73 Å². The first-order valence-electron chi connectivity index (χ1n) is 5.34. The largest absolute Gasteiger partial charge is 0.480 e. The van der Waals surface area contributed by atoms with Gasteiger partial charge >= 0.3 is 5.97 Å². The molecule has 1 unspecified atom stereocenters. The topological polar surface area (TPSA) is 109 Å². The van der Waals surface area contributed by atoms with E-state index in [4.69, 9.17) is 10.8 Å². The molecule has 0 radical (unpaired) electrons. The number of carbonyl (C=O) groups excluding carboxylic acids is 2. The molecule has 0 aromatic carbocycles. The maximum absolute atomic E-state index is 11.5. The zero-order valence-corrected chi connectivity index (χ0v) is 11.8. The lowest BCUT2D eigenvalue weighted by molar-refractivity contribution is -0.141. The first-order valence-corrected chi connectivity index (χ1v) is 7.89. The second kappa shape index (κ2) is 10.1. The van der Waals surface area contributed by atoms with Crippen molar-refractivity contribution in [2.45, 2.75) is 18.9 Å². The van der Waals surface area contributed by atoms with E-state index in [0.29, 0.717) is 17.9 Å². The van der Waals surface area contributed by atoms with E-state index in [1.165, 1.54) is 23.5 Å². The van der Waals surface area contributed by atoms with Crippen LogP contribution in [-0.2, 0) is 14.4 Å². The molecular weight excluding hydrogens is 276 g/mol. The number of hydrogen-bond donors (Lipinski definition) is 3. The summed E-state index contributed by atoms with van der Waals surface area (Å²) in [5.41, 5.74) is 4.94. The standard InChI is InChI=1S/C10H18N2O4S2/c1-17-4-2-7(10(15)16)12-9(14)3-5-18-6-8(11)13/h7H,2-6H2,1H3,(H2,11,13)(H,12,14)(H,15,16). The number of hydrogen-bond acceptors (Lipinski definition) is 5. The van der Waals surface area contributed by atoms with Gasteiger partial charge in [0.1, 0.15) is 6.04 Å². The second-order valence-corrected chi connectivity index (χ2v) is 5.60. The molecular formula is C10H18N2O4S2. The number of nitrogens with one attached hydrogen (secondary N) is 1. The van der Waals surface area contributed by atoms with Gasteiger partial charge in [0.25, 0.3) is 0 Å². The fourth-order valence-electron chi connectivity index (χ4n) is 1.10. The number of nitrogens with two attached hydrogens (primary N) is 1. The van der Waals surface area contributed by atoms with Crippen molar-refractivity contribution in [3.63, 3.8) is 0 Å². The molecule has 0 fully saturated rings. The van der Waals surface area contributed by atoms with Crippen LogP contribution in [0.1, 0.15) is 12.8 Å². The van der Waals surface area contributed by atoms with Crippen molar-refractivity contribution < 1.29 is 19.5 Å². The monoisotopic (exact) mass is 294 g/mol. The lowest BCUT2D eigenvalue weighted by atomic mass is 10.2. The first-order chi connectivity index (χ1) is 8.47. The molecule has 0 aliphatic carbocycles. The molecule has 0 rings (SSSR count). The summed E-state index contributed by atoms with van der Waals surface area (Å²) in [5, 5.41) is 11.4. The molecule has 0 aliphatic rings. The summed E-state index contributed by atoms with van der Waals surface area (Å²) in [7, 11) is 0. The van der Waals surface area contributed by atoms with E-state index in [-0.39, 0.29) is 18.1 Å². The van der Waals surface area contributed by atoms with Crippen LogP contribution in [0.2, 0.25) is 0 Å². The zero-order valence-electron chi connectivity index (χ0n) is 10.2. The SMILES string of the molecule is CSCCC(NC(=O)CCSCC(N)=O)C(=O)O. The summed E-state index contributed by atoms with van der Waals surface area (Å²) in [6.45, 7) is 0. The molecule has 0 aromatic rings. The molecule has 6 nitrogen and oxygen atoms in total. The van der Waals surface area contributed by atoms with E-state index >= 15 is 0 Å². The highest BCUT2D eigenvalue weighted by Gasteiger charge is 2.18. The minimum absolute atomic E-state index is 0.169. The normalized spacial score (nSPS) is 11.8. The smallest absolute Gasteiger partial charge is 0.326 e. The minimum atomic E-state index is -1.03. The predicted octanol–water partition coefficient (Wildman–Crippen LogP) is -0.0825. The molecule has 0 saturated carbocycles. The lowest BCUT2D eigenvalue weighted by Crippen LogP contribution is -2.41. The van der Waals surface area contributed by atoms with Crippen LogP contribution in [0.25, 0.3) is 0 Å². The molecule has 0 aromatic heterocycles. The summed E-state index contributed by atoms with van der Waals surface area (Å²) >= 11 is 2.79. The zero-order chi connectivity index (χ0) is 14.0. The van der Waals surface area contributed by atoms with E-state index < -0.39 is 17.9 Å². The van der Waals surface area contributed by atoms with Gasteiger partial charge in [0.15, 0.2) is 0 Å². The maximum atomic E-state index is 11.5. The molecule has 0 bridgehead atoms. The third-order valence-electron chi connectivity index (χ3n) is 1.96. The molecule has 0 aliphatic heterocycles. The molecule has 1 atom stereocenters. The van der Waals surface area contributed by atoms with Crippen LogP contribution in [0.4, 0.5) is 0 Å². The van der Waals surface area contributed by atoms with E-state index in [1.807, 2.05) is 6.26 Å². The van der Waals surface area contributed by atoms with Gasteiger partial charge in [0.05, 0.1) is 5.75 Å². The Morgan fingerprint density at radius 1 is 1.33 bits per heavy atom. The van der Waals surface area contributed by atoms with Crippen LogP contribution in [0.3, 0.4) is 0 Å². The summed E-state index contributed by atoms with van der Waals surface area (Å²) in [6.07, 6.45) is 2.46. The van der Waals surface area contributed by atoms with E-state index in [0.717, 1.165) is 0 Å². The van der Waals surface area contributed by atoms with E-state index in [1.54, 1.807) is 0 Å². The molecule has 8 heteroatoms. The van der Waals surface area contributed by atoms with Gasteiger partial charge in [0.2, 0.25) is 11.8 Å². The van der Waals surface area contributed by atoms with Crippen molar-refractivity contribution in [3.8, 4) is 0 Å². The number of amides is 2.